The largest absolute Gasteiger partial charge is 0.309 e. The van der Waals surface area contributed by atoms with Gasteiger partial charge in [0.25, 0.3) is 0 Å². The van der Waals surface area contributed by atoms with Gasteiger partial charge in [0.2, 0.25) is 0 Å². The van der Waals surface area contributed by atoms with E-state index in [1.165, 1.54) is 0 Å². The fourth-order valence-corrected chi connectivity index (χ4v) is 7.46. The Kier molecular flexibility index (Phi) is 6.56. The number of benzene rings is 7. The summed E-state index contributed by atoms with van der Waals surface area (Å²) >= 11 is 0. The van der Waals surface area contributed by atoms with E-state index in [0.717, 1.165) is 77.2 Å². The molecule has 0 unspecified atom stereocenters. The predicted molar refractivity (Wildman–Crippen MR) is 200 cm³/mol. The fraction of sp³-hybridized carbons (Fsp3) is 0. The number of hydrogen-bond acceptors (Lipinski definition) is 3. The lowest BCUT2D eigenvalue weighted by atomic mass is 9.92. The lowest BCUT2D eigenvalue weighted by molar-refractivity contribution is 1.17. The van der Waals surface area contributed by atoms with Crippen LogP contribution in [0.5, 0.6) is 0 Å². The Balaban J connectivity index is 1.24. The molecule has 0 amide bonds. The molecular weight excluding hydrogens is 611 g/mol. The van der Waals surface area contributed by atoms with E-state index in [1.807, 2.05) is 84.9 Å². The molecule has 7 aromatic carbocycles. The zero-order valence-corrected chi connectivity index (χ0v) is 26.7. The van der Waals surface area contributed by atoms with Crippen molar-refractivity contribution in [3.8, 4) is 51.8 Å². The van der Waals surface area contributed by atoms with Gasteiger partial charge in [-0.25, -0.2) is 0 Å². The van der Waals surface area contributed by atoms with Crippen LogP contribution in [0.15, 0.2) is 152 Å². The van der Waals surface area contributed by atoms with Crippen LogP contribution in [0.1, 0.15) is 16.7 Å². The molecule has 9 rings (SSSR count). The summed E-state index contributed by atoms with van der Waals surface area (Å²) in [6, 6.07) is 57.8. The monoisotopic (exact) mass is 635 g/mol. The fourth-order valence-electron chi connectivity index (χ4n) is 7.46. The Morgan fingerprint density at radius 2 is 1.00 bits per heavy atom. The molecule has 2 aromatic heterocycles. The first kappa shape index (κ1) is 28.8. The molecule has 2 heterocycles. The molecule has 0 fully saturated rings. The van der Waals surface area contributed by atoms with Crippen LogP contribution in [0.4, 0.5) is 0 Å². The smallest absolute Gasteiger partial charge is 0.101 e. The van der Waals surface area contributed by atoms with Gasteiger partial charge in [-0.3, -0.25) is 0 Å². The van der Waals surface area contributed by atoms with Crippen molar-refractivity contribution in [2.24, 2.45) is 0 Å². The van der Waals surface area contributed by atoms with Gasteiger partial charge < -0.3 is 9.13 Å². The summed E-state index contributed by atoms with van der Waals surface area (Å²) < 4.78 is 4.41. The summed E-state index contributed by atoms with van der Waals surface area (Å²) in [6.45, 7) is 0. The number of rotatable bonds is 4. The van der Waals surface area contributed by atoms with E-state index in [9.17, 15) is 15.8 Å². The van der Waals surface area contributed by atoms with E-state index >= 15 is 0 Å². The third kappa shape index (κ3) is 4.31. The quantitative estimate of drug-likeness (QED) is 0.193. The first-order chi connectivity index (χ1) is 24.7. The second-order valence-electron chi connectivity index (χ2n) is 12.3. The number of nitriles is 3. The van der Waals surface area contributed by atoms with E-state index in [4.69, 9.17) is 0 Å². The number of hydrogen-bond donors (Lipinski definition) is 0. The van der Waals surface area contributed by atoms with Crippen LogP contribution in [0.3, 0.4) is 0 Å². The summed E-state index contributed by atoms with van der Waals surface area (Å²) in [4.78, 5) is 0. The van der Waals surface area contributed by atoms with Gasteiger partial charge in [-0.05, 0) is 83.4 Å². The Morgan fingerprint density at radius 1 is 0.400 bits per heavy atom. The zero-order chi connectivity index (χ0) is 33.8. The van der Waals surface area contributed by atoms with Crippen molar-refractivity contribution >= 4 is 43.6 Å². The molecule has 0 aliphatic heterocycles. The standard InChI is InChI=1S/C45H25N5/c46-26-29-17-23-44(50-42-15-6-3-11-36(42)38-13-7-8-32(28-48)45(38)50)39(24-29)35-10-2-1-9-34(35)31-18-20-33(21-19-31)49-41-14-5-4-12-37(41)40-25-30(27-47)16-22-43(40)49/h1-25H. The minimum atomic E-state index is 0.557. The highest BCUT2D eigenvalue weighted by Crippen LogP contribution is 2.41. The van der Waals surface area contributed by atoms with Gasteiger partial charge in [-0.15, -0.1) is 0 Å². The first-order valence-corrected chi connectivity index (χ1v) is 16.3. The normalized spacial score (nSPS) is 11.1. The van der Waals surface area contributed by atoms with Crippen molar-refractivity contribution in [2.45, 2.75) is 0 Å². The average Bonchev–Trinajstić information content (AvgIpc) is 3.70. The molecule has 0 saturated heterocycles. The molecule has 5 heteroatoms. The molecule has 0 saturated carbocycles. The molecule has 0 atom stereocenters. The van der Waals surface area contributed by atoms with Crippen molar-refractivity contribution in [1.29, 1.82) is 15.8 Å². The topological polar surface area (TPSA) is 81.2 Å². The van der Waals surface area contributed by atoms with Crippen LogP contribution in [0, 0.1) is 34.0 Å². The van der Waals surface area contributed by atoms with E-state index in [1.54, 1.807) is 0 Å². The molecule has 0 N–H and O–H groups in total. The molecule has 0 spiro atoms. The lowest BCUT2D eigenvalue weighted by Crippen LogP contribution is -2.00. The lowest BCUT2D eigenvalue weighted by Gasteiger charge is -2.18. The number of aromatic nitrogens is 2. The minimum Gasteiger partial charge on any atom is -0.309 e. The summed E-state index contributed by atoms with van der Waals surface area (Å²) in [6.07, 6.45) is 0. The molecule has 0 radical (unpaired) electrons. The third-order valence-electron chi connectivity index (χ3n) is 9.64. The highest BCUT2D eigenvalue weighted by atomic mass is 15.0. The average molecular weight is 636 g/mol. The van der Waals surface area contributed by atoms with Crippen molar-refractivity contribution in [3.05, 3.63) is 168 Å². The van der Waals surface area contributed by atoms with Gasteiger partial charge in [-0.2, -0.15) is 15.8 Å². The van der Waals surface area contributed by atoms with E-state index < -0.39 is 0 Å². The van der Waals surface area contributed by atoms with E-state index in [0.29, 0.717) is 16.7 Å². The van der Waals surface area contributed by atoms with Gasteiger partial charge in [0.15, 0.2) is 0 Å². The zero-order valence-electron chi connectivity index (χ0n) is 26.7. The maximum Gasteiger partial charge on any atom is 0.101 e. The van der Waals surface area contributed by atoms with Crippen LogP contribution >= 0.6 is 0 Å². The van der Waals surface area contributed by atoms with Gasteiger partial charge in [0, 0.05) is 32.8 Å². The van der Waals surface area contributed by atoms with Crippen LogP contribution in [0.25, 0.3) is 77.2 Å². The summed E-state index contributed by atoms with van der Waals surface area (Å²) in [5.41, 5.74) is 11.6. The molecule has 0 aliphatic carbocycles. The maximum atomic E-state index is 10.2. The van der Waals surface area contributed by atoms with Crippen LogP contribution in [0.2, 0.25) is 0 Å². The number of fused-ring (bicyclic) bond motifs is 6. The molecular formula is C45H25N5. The molecule has 50 heavy (non-hydrogen) atoms. The molecule has 9 aromatic rings. The van der Waals surface area contributed by atoms with Gasteiger partial charge >= 0.3 is 0 Å². The van der Waals surface area contributed by atoms with Crippen LogP contribution < -0.4 is 0 Å². The highest BCUT2D eigenvalue weighted by Gasteiger charge is 2.20. The Bertz CT molecular complexity index is 2960. The van der Waals surface area contributed by atoms with E-state index in [2.05, 4.69) is 94.1 Å². The summed E-state index contributed by atoms with van der Waals surface area (Å²) in [5.74, 6) is 0. The molecule has 0 bridgehead atoms. The summed E-state index contributed by atoms with van der Waals surface area (Å²) in [5, 5.41) is 34.0. The molecule has 0 aliphatic rings. The van der Waals surface area contributed by atoms with Crippen LogP contribution in [-0.2, 0) is 0 Å². The molecule has 5 nitrogen and oxygen atoms in total. The van der Waals surface area contributed by atoms with E-state index in [-0.39, 0.29) is 0 Å². The van der Waals surface area contributed by atoms with Crippen molar-refractivity contribution in [3.63, 3.8) is 0 Å². The summed E-state index contributed by atoms with van der Waals surface area (Å²) in [7, 11) is 0. The van der Waals surface area contributed by atoms with Gasteiger partial charge in [0.05, 0.1) is 56.6 Å². The van der Waals surface area contributed by atoms with Crippen molar-refractivity contribution < 1.29 is 0 Å². The second-order valence-corrected chi connectivity index (χ2v) is 12.3. The van der Waals surface area contributed by atoms with Crippen molar-refractivity contribution in [1.82, 2.24) is 9.13 Å². The third-order valence-corrected chi connectivity index (χ3v) is 9.64. The Hall–Kier alpha value is -7.39. The number of para-hydroxylation sites is 3. The number of nitrogens with zero attached hydrogens (tertiary/aromatic N) is 5. The van der Waals surface area contributed by atoms with Crippen LogP contribution in [-0.4, -0.2) is 9.13 Å². The first-order valence-electron chi connectivity index (χ1n) is 16.3. The Morgan fingerprint density at radius 3 is 1.74 bits per heavy atom. The van der Waals surface area contributed by atoms with Gasteiger partial charge in [-0.1, -0.05) is 84.9 Å². The Labute approximate surface area is 287 Å². The second kappa shape index (κ2) is 11.4. The van der Waals surface area contributed by atoms with Gasteiger partial charge in [0.1, 0.15) is 6.07 Å². The SMILES string of the molecule is N#Cc1ccc(-n2c3ccccc3c3cccc(C#N)c32)c(-c2ccccc2-c2ccc(-n3c4ccccc4c4cc(C#N)ccc43)cc2)c1. The minimum absolute atomic E-state index is 0.557. The maximum absolute atomic E-state index is 10.2. The van der Waals surface area contributed by atoms with Crippen molar-refractivity contribution in [2.75, 3.05) is 0 Å². The predicted octanol–water partition coefficient (Wildman–Crippen LogP) is 10.8. The molecule has 230 valence electrons. The highest BCUT2D eigenvalue weighted by molar-refractivity contribution is 6.12.